The highest BCUT2D eigenvalue weighted by Crippen LogP contribution is 2.51. The van der Waals surface area contributed by atoms with Crippen molar-refractivity contribution in [1.29, 1.82) is 0 Å². The van der Waals surface area contributed by atoms with E-state index in [9.17, 15) is 0 Å². The van der Waals surface area contributed by atoms with Gasteiger partial charge in [0.05, 0.1) is 22.2 Å². The van der Waals surface area contributed by atoms with Gasteiger partial charge < -0.3 is 0 Å². The van der Waals surface area contributed by atoms with Crippen LogP contribution in [0.5, 0.6) is 0 Å². The summed E-state index contributed by atoms with van der Waals surface area (Å²) < 4.78 is 2.36. The number of benzene rings is 5. The van der Waals surface area contributed by atoms with E-state index >= 15 is 0 Å². The number of pyridine rings is 1. The Labute approximate surface area is 242 Å². The first kappa shape index (κ1) is 23.4. The van der Waals surface area contributed by atoms with Crippen LogP contribution in [0.15, 0.2) is 121 Å². The molecule has 0 bridgehead atoms. The topological polar surface area (TPSA) is 43.6 Å². The molecule has 1 aliphatic rings. The number of fused-ring (bicyclic) bond motifs is 8. The number of hydrogen-bond acceptors (Lipinski definition) is 3. The zero-order valence-corrected chi connectivity index (χ0v) is 23.3. The maximum Gasteiger partial charge on any atom is 0.164 e. The van der Waals surface area contributed by atoms with Crippen molar-refractivity contribution in [1.82, 2.24) is 19.5 Å². The van der Waals surface area contributed by atoms with Crippen LogP contribution in [-0.2, 0) is 5.41 Å². The molecule has 0 fully saturated rings. The Kier molecular flexibility index (Phi) is 4.64. The molecule has 8 aromatic rings. The molecule has 0 unspecified atom stereocenters. The average Bonchev–Trinajstić information content (AvgIpc) is 3.47. The Morgan fingerprint density at radius 1 is 0.595 bits per heavy atom. The monoisotopic (exact) mass is 538 g/mol. The van der Waals surface area contributed by atoms with Crippen molar-refractivity contribution in [2.24, 2.45) is 0 Å². The van der Waals surface area contributed by atoms with Gasteiger partial charge in [-0.15, -0.1) is 0 Å². The van der Waals surface area contributed by atoms with Crippen LogP contribution in [-0.4, -0.2) is 19.5 Å². The summed E-state index contributed by atoms with van der Waals surface area (Å²) >= 11 is 0. The second-order valence-corrected chi connectivity index (χ2v) is 11.7. The normalized spacial score (nSPS) is 13.7. The summed E-state index contributed by atoms with van der Waals surface area (Å²) in [6.07, 6.45) is 1.85. The van der Waals surface area contributed by atoms with E-state index in [1.165, 1.54) is 32.7 Å². The van der Waals surface area contributed by atoms with Crippen molar-refractivity contribution >= 4 is 43.5 Å². The van der Waals surface area contributed by atoms with Crippen molar-refractivity contribution in [2.45, 2.75) is 19.3 Å². The fraction of sp³-hybridized carbons (Fsp3) is 0.0789. The first-order chi connectivity index (χ1) is 20.6. The molecular formula is C38H26N4. The van der Waals surface area contributed by atoms with E-state index in [0.29, 0.717) is 5.82 Å². The molecule has 0 atom stereocenters. The van der Waals surface area contributed by atoms with Gasteiger partial charge in [0.15, 0.2) is 5.82 Å². The summed E-state index contributed by atoms with van der Waals surface area (Å²) in [6, 6.07) is 40.9. The number of rotatable bonds is 2. The molecule has 0 radical (unpaired) electrons. The highest BCUT2D eigenvalue weighted by Gasteiger charge is 2.40. The molecule has 3 heterocycles. The molecule has 0 saturated heterocycles. The molecule has 0 amide bonds. The predicted molar refractivity (Wildman–Crippen MR) is 172 cm³/mol. The van der Waals surface area contributed by atoms with E-state index in [2.05, 4.69) is 128 Å². The van der Waals surface area contributed by atoms with Crippen LogP contribution in [0.4, 0.5) is 0 Å². The Morgan fingerprint density at radius 3 is 2.21 bits per heavy atom. The standard InChI is InChI=1S/C38H26N4/c1-38(2)30-18-7-5-16-27(30)33-35(38)40-36(28-17-9-13-23-14-10-20-39-34(23)28)41-37(33)42-31-19-8-6-15-26(31)29-21-24-11-3-4-12-25(24)22-32(29)42/h3-22H,1-2H3. The average molecular weight is 539 g/mol. The van der Waals surface area contributed by atoms with Crippen LogP contribution >= 0.6 is 0 Å². The van der Waals surface area contributed by atoms with Gasteiger partial charge in [-0.05, 0) is 52.2 Å². The number of nitrogens with zero attached hydrogens (tertiary/aromatic N) is 4. The fourth-order valence-corrected chi connectivity index (χ4v) is 6.97. The molecule has 3 aromatic heterocycles. The van der Waals surface area contributed by atoms with Crippen molar-refractivity contribution in [3.63, 3.8) is 0 Å². The first-order valence-electron chi connectivity index (χ1n) is 14.4. The van der Waals surface area contributed by atoms with Crippen molar-refractivity contribution in [3.05, 3.63) is 133 Å². The Bertz CT molecular complexity index is 2390. The van der Waals surface area contributed by atoms with Crippen LogP contribution in [0, 0.1) is 0 Å². The number of aromatic nitrogens is 4. The third kappa shape index (κ3) is 3.09. The van der Waals surface area contributed by atoms with Crippen molar-refractivity contribution < 1.29 is 0 Å². The summed E-state index contributed by atoms with van der Waals surface area (Å²) in [5.74, 6) is 1.60. The molecule has 5 aromatic carbocycles. The van der Waals surface area contributed by atoms with Gasteiger partial charge in [-0.25, -0.2) is 9.97 Å². The van der Waals surface area contributed by atoms with E-state index in [4.69, 9.17) is 15.0 Å². The molecule has 9 rings (SSSR count). The minimum absolute atomic E-state index is 0.290. The molecule has 0 spiro atoms. The lowest BCUT2D eigenvalue weighted by Gasteiger charge is -2.21. The Hall–Kier alpha value is -5.35. The third-order valence-corrected chi connectivity index (χ3v) is 8.98. The minimum atomic E-state index is -0.290. The molecule has 0 aliphatic heterocycles. The summed E-state index contributed by atoms with van der Waals surface area (Å²) in [5.41, 5.74) is 8.45. The van der Waals surface area contributed by atoms with Gasteiger partial charge in [0.2, 0.25) is 0 Å². The van der Waals surface area contributed by atoms with Gasteiger partial charge in [0, 0.05) is 38.9 Å². The lowest BCUT2D eigenvalue weighted by molar-refractivity contribution is 0.635. The highest BCUT2D eigenvalue weighted by atomic mass is 15.1. The largest absolute Gasteiger partial charge is 0.293 e. The summed E-state index contributed by atoms with van der Waals surface area (Å²) in [4.78, 5) is 15.6. The third-order valence-electron chi connectivity index (χ3n) is 8.98. The van der Waals surface area contributed by atoms with Crippen molar-refractivity contribution in [3.8, 4) is 28.3 Å². The molecule has 0 saturated carbocycles. The molecule has 42 heavy (non-hydrogen) atoms. The minimum Gasteiger partial charge on any atom is -0.293 e. The second-order valence-electron chi connectivity index (χ2n) is 11.7. The second kappa shape index (κ2) is 8.34. The lowest BCUT2D eigenvalue weighted by atomic mass is 9.85. The summed E-state index contributed by atoms with van der Waals surface area (Å²) in [6.45, 7) is 4.55. The van der Waals surface area contributed by atoms with Crippen LogP contribution < -0.4 is 0 Å². The molecule has 4 heteroatoms. The zero-order valence-electron chi connectivity index (χ0n) is 23.3. The summed E-state index contributed by atoms with van der Waals surface area (Å²) in [5, 5.41) is 5.94. The van der Waals surface area contributed by atoms with Gasteiger partial charge in [-0.2, -0.15) is 0 Å². The van der Waals surface area contributed by atoms with Gasteiger partial charge >= 0.3 is 0 Å². The quantitative estimate of drug-likeness (QED) is 0.220. The highest BCUT2D eigenvalue weighted by molar-refractivity contribution is 6.14. The predicted octanol–water partition coefficient (Wildman–Crippen LogP) is 9.25. The summed E-state index contributed by atoms with van der Waals surface area (Å²) in [7, 11) is 0. The van der Waals surface area contributed by atoms with Crippen LogP contribution in [0.2, 0.25) is 0 Å². The SMILES string of the molecule is CC1(C)c2ccccc2-c2c(-n3c4ccccc4c4cc5ccccc5cc43)nc(-c3cccc4cccnc34)nc21. The van der Waals surface area contributed by atoms with E-state index < -0.39 is 0 Å². The van der Waals surface area contributed by atoms with E-state index in [1.54, 1.807) is 0 Å². The van der Waals surface area contributed by atoms with Crippen molar-refractivity contribution in [2.75, 3.05) is 0 Å². The van der Waals surface area contributed by atoms with Gasteiger partial charge in [0.25, 0.3) is 0 Å². The van der Waals surface area contributed by atoms with E-state index in [1.807, 2.05) is 12.3 Å². The number of hydrogen-bond donors (Lipinski definition) is 0. The lowest BCUT2D eigenvalue weighted by Crippen LogP contribution is -2.18. The van der Waals surface area contributed by atoms with Gasteiger partial charge in [-0.3, -0.25) is 9.55 Å². The zero-order chi connectivity index (χ0) is 28.0. The van der Waals surface area contributed by atoms with E-state index in [0.717, 1.165) is 44.6 Å². The molecule has 0 N–H and O–H groups in total. The van der Waals surface area contributed by atoms with E-state index in [-0.39, 0.29) is 5.41 Å². The maximum absolute atomic E-state index is 5.46. The Balaban J connectivity index is 1.47. The molecule has 4 nitrogen and oxygen atoms in total. The Morgan fingerprint density at radius 2 is 1.31 bits per heavy atom. The maximum atomic E-state index is 5.46. The molecule has 198 valence electrons. The fourth-order valence-electron chi connectivity index (χ4n) is 6.97. The van der Waals surface area contributed by atoms with Crippen LogP contribution in [0.25, 0.3) is 71.8 Å². The van der Waals surface area contributed by atoms with Crippen LogP contribution in [0.1, 0.15) is 25.1 Å². The first-order valence-corrected chi connectivity index (χ1v) is 14.4. The van der Waals surface area contributed by atoms with Gasteiger partial charge in [0.1, 0.15) is 5.82 Å². The number of para-hydroxylation sites is 2. The molecular weight excluding hydrogens is 512 g/mol. The molecule has 1 aliphatic carbocycles. The van der Waals surface area contributed by atoms with Crippen LogP contribution in [0.3, 0.4) is 0 Å². The van der Waals surface area contributed by atoms with Gasteiger partial charge in [-0.1, -0.05) is 98.8 Å². The smallest absolute Gasteiger partial charge is 0.164 e.